The van der Waals surface area contributed by atoms with E-state index in [1.165, 1.54) is 11.8 Å². The molecule has 9 heteroatoms. The van der Waals surface area contributed by atoms with Gasteiger partial charge in [-0.25, -0.2) is 4.68 Å². The van der Waals surface area contributed by atoms with Crippen LogP contribution in [0.1, 0.15) is 18.9 Å². The standard InChI is InChI=1S/C21H23N5O2S2/c1-15-11-12-25(18-5-3-4-6-19(18)30-15)20(27)14-29-21-22-23-24-26(21)13-16-7-9-17(28-2)10-8-16/h3-10,15H,11-14H2,1-2H3/t15-/m1/s1. The lowest BCUT2D eigenvalue weighted by molar-refractivity contribution is -0.116. The highest BCUT2D eigenvalue weighted by atomic mass is 32.2. The van der Waals surface area contributed by atoms with Gasteiger partial charge in [-0.15, -0.1) is 16.9 Å². The molecule has 1 amide bonds. The molecule has 0 unspecified atom stereocenters. The first kappa shape index (κ1) is 20.7. The lowest BCUT2D eigenvalue weighted by atomic mass is 10.2. The van der Waals surface area contributed by atoms with E-state index in [9.17, 15) is 4.79 Å². The Morgan fingerprint density at radius 2 is 2.03 bits per heavy atom. The number of nitrogens with zero attached hydrogens (tertiary/aromatic N) is 5. The van der Waals surface area contributed by atoms with Gasteiger partial charge in [0.1, 0.15) is 5.75 Å². The number of benzene rings is 2. The van der Waals surface area contributed by atoms with Crippen molar-refractivity contribution in [2.75, 3.05) is 24.3 Å². The summed E-state index contributed by atoms with van der Waals surface area (Å²) in [7, 11) is 1.64. The number of anilines is 1. The van der Waals surface area contributed by atoms with Gasteiger partial charge in [-0.1, -0.05) is 43.0 Å². The van der Waals surface area contributed by atoms with Crippen molar-refractivity contribution in [2.24, 2.45) is 0 Å². The minimum absolute atomic E-state index is 0.0705. The minimum Gasteiger partial charge on any atom is -0.497 e. The Morgan fingerprint density at radius 3 is 2.83 bits per heavy atom. The maximum atomic E-state index is 13.1. The molecule has 1 aliphatic heterocycles. The van der Waals surface area contributed by atoms with Crippen molar-refractivity contribution < 1.29 is 9.53 Å². The Bertz CT molecular complexity index is 1010. The van der Waals surface area contributed by atoms with Crippen LogP contribution in [-0.2, 0) is 11.3 Å². The lowest BCUT2D eigenvalue weighted by Gasteiger charge is -2.22. The van der Waals surface area contributed by atoms with E-state index < -0.39 is 0 Å². The summed E-state index contributed by atoms with van der Waals surface area (Å²) in [5.41, 5.74) is 2.05. The monoisotopic (exact) mass is 441 g/mol. The zero-order valence-corrected chi connectivity index (χ0v) is 18.5. The molecular formula is C21H23N5O2S2. The first-order valence-electron chi connectivity index (χ1n) is 9.72. The number of para-hydroxylation sites is 1. The smallest absolute Gasteiger partial charge is 0.237 e. The second-order valence-electron chi connectivity index (χ2n) is 6.99. The molecule has 0 aliphatic carbocycles. The van der Waals surface area contributed by atoms with Crippen LogP contribution in [0.4, 0.5) is 5.69 Å². The number of aromatic nitrogens is 4. The molecule has 156 valence electrons. The summed E-state index contributed by atoms with van der Waals surface area (Å²) in [6, 6.07) is 15.9. The van der Waals surface area contributed by atoms with E-state index >= 15 is 0 Å². The predicted molar refractivity (Wildman–Crippen MR) is 119 cm³/mol. The Kier molecular flexibility index (Phi) is 6.59. The van der Waals surface area contributed by atoms with E-state index in [0.29, 0.717) is 17.0 Å². The first-order valence-corrected chi connectivity index (χ1v) is 11.6. The number of carbonyl (C=O) groups is 1. The van der Waals surface area contributed by atoms with Gasteiger partial charge in [0, 0.05) is 16.7 Å². The van der Waals surface area contributed by atoms with Crippen LogP contribution >= 0.6 is 23.5 Å². The van der Waals surface area contributed by atoms with Crippen LogP contribution in [0, 0.1) is 0 Å². The molecular weight excluding hydrogens is 418 g/mol. The summed E-state index contributed by atoms with van der Waals surface area (Å²) in [6.45, 7) is 3.47. The summed E-state index contributed by atoms with van der Waals surface area (Å²) in [4.78, 5) is 16.1. The van der Waals surface area contributed by atoms with Crippen LogP contribution in [0.25, 0.3) is 0 Å². The molecule has 1 aliphatic rings. The normalized spacial score (nSPS) is 16.1. The molecule has 30 heavy (non-hydrogen) atoms. The van der Waals surface area contributed by atoms with Gasteiger partial charge in [-0.2, -0.15) is 0 Å². The number of rotatable bonds is 6. The van der Waals surface area contributed by atoms with Crippen LogP contribution in [0.2, 0.25) is 0 Å². The average molecular weight is 442 g/mol. The van der Waals surface area contributed by atoms with Crippen LogP contribution < -0.4 is 9.64 Å². The van der Waals surface area contributed by atoms with Crippen molar-refractivity contribution in [3.63, 3.8) is 0 Å². The second-order valence-corrected chi connectivity index (χ2v) is 9.41. The van der Waals surface area contributed by atoms with Gasteiger partial charge in [0.2, 0.25) is 11.1 Å². The van der Waals surface area contributed by atoms with Crippen molar-refractivity contribution in [3.05, 3.63) is 54.1 Å². The molecule has 2 heterocycles. The minimum atomic E-state index is 0.0705. The zero-order chi connectivity index (χ0) is 20.9. The second kappa shape index (κ2) is 9.53. The molecule has 3 aromatic rings. The largest absolute Gasteiger partial charge is 0.497 e. The van der Waals surface area contributed by atoms with Crippen LogP contribution in [0.5, 0.6) is 5.75 Å². The van der Waals surface area contributed by atoms with Crippen LogP contribution in [0.3, 0.4) is 0 Å². The van der Waals surface area contributed by atoms with Gasteiger partial charge in [-0.05, 0) is 46.7 Å². The highest BCUT2D eigenvalue weighted by Gasteiger charge is 2.24. The number of ether oxygens (including phenoxy) is 1. The Hall–Kier alpha value is -2.52. The topological polar surface area (TPSA) is 73.1 Å². The van der Waals surface area contributed by atoms with E-state index in [0.717, 1.165) is 34.9 Å². The summed E-state index contributed by atoms with van der Waals surface area (Å²) in [6.07, 6.45) is 0.963. The van der Waals surface area contributed by atoms with Gasteiger partial charge in [-0.3, -0.25) is 4.79 Å². The van der Waals surface area contributed by atoms with E-state index in [-0.39, 0.29) is 11.7 Å². The van der Waals surface area contributed by atoms with Gasteiger partial charge >= 0.3 is 0 Å². The fourth-order valence-corrected chi connectivity index (χ4v) is 5.12. The third-order valence-corrected chi connectivity index (χ3v) is 7.04. The predicted octanol–water partition coefficient (Wildman–Crippen LogP) is 3.74. The number of tetrazole rings is 1. The third kappa shape index (κ3) is 4.79. The fraction of sp³-hybridized carbons (Fsp3) is 0.333. The van der Waals surface area contributed by atoms with E-state index in [1.807, 2.05) is 59.1 Å². The number of carbonyl (C=O) groups excluding carboxylic acids is 1. The van der Waals surface area contributed by atoms with Crippen molar-refractivity contribution in [1.29, 1.82) is 0 Å². The zero-order valence-electron chi connectivity index (χ0n) is 16.9. The Labute approximate surface area is 184 Å². The fourth-order valence-electron chi connectivity index (χ4n) is 3.25. The number of hydrogen-bond donors (Lipinski definition) is 0. The summed E-state index contributed by atoms with van der Waals surface area (Å²) < 4.78 is 6.91. The van der Waals surface area contributed by atoms with Crippen molar-refractivity contribution in [2.45, 2.75) is 35.2 Å². The number of methoxy groups -OCH3 is 1. The number of amides is 1. The molecule has 7 nitrogen and oxygen atoms in total. The molecule has 0 saturated heterocycles. The molecule has 0 fully saturated rings. The molecule has 0 radical (unpaired) electrons. The summed E-state index contributed by atoms with van der Waals surface area (Å²) in [5, 5.41) is 13.1. The third-order valence-electron chi connectivity index (χ3n) is 4.86. The number of thioether (sulfide) groups is 2. The molecule has 0 bridgehead atoms. The molecule has 1 atom stereocenters. The molecule has 0 N–H and O–H groups in total. The van der Waals surface area contributed by atoms with Crippen LogP contribution in [0.15, 0.2) is 58.6 Å². The highest BCUT2D eigenvalue weighted by Crippen LogP contribution is 2.37. The van der Waals surface area contributed by atoms with Crippen molar-refractivity contribution in [1.82, 2.24) is 20.2 Å². The van der Waals surface area contributed by atoms with Gasteiger partial charge in [0.15, 0.2) is 0 Å². The Balaban J connectivity index is 1.43. The first-order chi connectivity index (χ1) is 14.6. The highest BCUT2D eigenvalue weighted by molar-refractivity contribution is 8.00. The number of fused-ring (bicyclic) bond motifs is 1. The average Bonchev–Trinajstić information content (AvgIpc) is 3.13. The summed E-state index contributed by atoms with van der Waals surface area (Å²) in [5.74, 6) is 1.16. The van der Waals surface area contributed by atoms with Crippen molar-refractivity contribution >= 4 is 35.1 Å². The van der Waals surface area contributed by atoms with E-state index in [2.05, 4.69) is 28.5 Å². The lowest BCUT2D eigenvalue weighted by Crippen LogP contribution is -2.33. The molecule has 0 saturated carbocycles. The molecule has 0 spiro atoms. The Morgan fingerprint density at radius 1 is 1.23 bits per heavy atom. The van der Waals surface area contributed by atoms with Crippen LogP contribution in [-0.4, -0.2) is 50.8 Å². The van der Waals surface area contributed by atoms with Gasteiger partial charge < -0.3 is 9.64 Å². The molecule has 4 rings (SSSR count). The quantitative estimate of drug-likeness (QED) is 0.540. The maximum Gasteiger partial charge on any atom is 0.237 e. The molecule has 1 aromatic heterocycles. The van der Waals surface area contributed by atoms with Crippen molar-refractivity contribution in [3.8, 4) is 5.75 Å². The van der Waals surface area contributed by atoms with E-state index in [4.69, 9.17) is 4.74 Å². The van der Waals surface area contributed by atoms with Gasteiger partial charge in [0.05, 0.1) is 25.1 Å². The van der Waals surface area contributed by atoms with Gasteiger partial charge in [0.25, 0.3) is 0 Å². The summed E-state index contributed by atoms with van der Waals surface area (Å²) >= 11 is 3.20. The van der Waals surface area contributed by atoms with E-state index in [1.54, 1.807) is 11.8 Å². The maximum absolute atomic E-state index is 13.1. The molecule has 2 aromatic carbocycles. The number of hydrogen-bond acceptors (Lipinski definition) is 7. The SMILES string of the molecule is COc1ccc(Cn2nnnc2SCC(=O)N2CC[C@@H](C)Sc3ccccc32)cc1.